The number of carboxylic acids is 1. The Morgan fingerprint density at radius 2 is 1.74 bits per heavy atom. The van der Waals surface area contributed by atoms with E-state index in [1.54, 1.807) is 24.3 Å². The summed E-state index contributed by atoms with van der Waals surface area (Å²) in [4.78, 5) is 29.3. The van der Waals surface area contributed by atoms with Crippen LogP contribution in [0.2, 0.25) is 0 Å². The zero-order chi connectivity index (χ0) is 22.6. The van der Waals surface area contributed by atoms with Gasteiger partial charge in [0.2, 0.25) is 5.88 Å². The molecule has 7 nitrogen and oxygen atoms in total. The number of carbonyl (C=O) groups is 2. The molecule has 0 bridgehead atoms. The van der Waals surface area contributed by atoms with Crippen molar-refractivity contribution in [1.82, 2.24) is 10.3 Å². The molecule has 3 aromatic rings. The number of alkyl carbamates (subject to hydrolysis) is 1. The van der Waals surface area contributed by atoms with E-state index in [2.05, 4.69) is 10.3 Å². The van der Waals surface area contributed by atoms with Crippen LogP contribution in [0.3, 0.4) is 0 Å². The Labute approximate surface area is 180 Å². The first-order chi connectivity index (χ1) is 14.6. The number of aromatic hydroxyl groups is 1. The molecule has 0 fully saturated rings. The highest BCUT2D eigenvalue weighted by Gasteiger charge is 2.45. The van der Waals surface area contributed by atoms with Crippen molar-refractivity contribution >= 4 is 23.0 Å². The van der Waals surface area contributed by atoms with Gasteiger partial charge < -0.3 is 20.3 Å². The summed E-state index contributed by atoms with van der Waals surface area (Å²) in [7, 11) is 0. The van der Waals surface area contributed by atoms with Gasteiger partial charge in [-0.1, -0.05) is 57.2 Å². The number of ether oxygens (including phenoxy) is 1. The molecule has 0 aliphatic heterocycles. The van der Waals surface area contributed by atoms with E-state index in [1.165, 1.54) is 6.07 Å². The van der Waals surface area contributed by atoms with E-state index < -0.39 is 23.0 Å². The minimum Gasteiger partial charge on any atom is -0.493 e. The van der Waals surface area contributed by atoms with Crippen molar-refractivity contribution < 1.29 is 24.5 Å². The molecule has 1 atom stereocenters. The molecule has 0 radical (unpaired) electrons. The number of nitrogens with one attached hydrogen (secondary N) is 1. The van der Waals surface area contributed by atoms with Gasteiger partial charge in [-0.25, -0.2) is 14.6 Å². The normalized spacial score (nSPS) is 13.4. The Morgan fingerprint density at radius 1 is 1.03 bits per heavy atom. The lowest BCUT2D eigenvalue weighted by Gasteiger charge is -2.36. The third-order valence-electron chi connectivity index (χ3n) is 4.86. The topological polar surface area (TPSA) is 109 Å². The third-order valence-corrected chi connectivity index (χ3v) is 4.86. The number of rotatable bonds is 6. The first kappa shape index (κ1) is 22.1. The number of fused-ring (bicyclic) bond motifs is 1. The van der Waals surface area contributed by atoms with Gasteiger partial charge in [0, 0.05) is 11.5 Å². The molecule has 0 aliphatic rings. The van der Waals surface area contributed by atoms with E-state index in [0.717, 1.165) is 5.56 Å². The molecular formula is C24H26N2O5. The van der Waals surface area contributed by atoms with Crippen LogP contribution in [0.5, 0.6) is 5.88 Å². The second-order valence-corrected chi connectivity index (χ2v) is 8.71. The zero-order valence-electron chi connectivity index (χ0n) is 17.8. The number of aliphatic carboxylic acids is 1. The summed E-state index contributed by atoms with van der Waals surface area (Å²) in [5.74, 6) is -1.31. The molecule has 2 aromatic carbocycles. The fourth-order valence-electron chi connectivity index (χ4n) is 3.58. The number of pyridine rings is 1. The summed E-state index contributed by atoms with van der Waals surface area (Å²) in [5, 5.41) is 23.1. The van der Waals surface area contributed by atoms with Crippen LogP contribution in [0.15, 0.2) is 60.7 Å². The van der Waals surface area contributed by atoms with Gasteiger partial charge in [0.05, 0.1) is 5.52 Å². The highest BCUT2D eigenvalue weighted by atomic mass is 16.5. The average molecular weight is 422 g/mol. The number of aromatic nitrogens is 1. The first-order valence-electron chi connectivity index (χ1n) is 9.92. The van der Waals surface area contributed by atoms with E-state index in [0.29, 0.717) is 16.5 Å². The highest BCUT2D eigenvalue weighted by molar-refractivity contribution is 5.88. The molecule has 1 amide bonds. The van der Waals surface area contributed by atoms with E-state index in [4.69, 9.17) is 4.74 Å². The second kappa shape index (κ2) is 8.63. The first-order valence-corrected chi connectivity index (χ1v) is 9.92. The fraction of sp³-hybridized carbons (Fsp3) is 0.292. The lowest BCUT2D eigenvalue weighted by atomic mass is 9.75. The van der Waals surface area contributed by atoms with Crippen LogP contribution >= 0.6 is 0 Å². The van der Waals surface area contributed by atoms with Crippen molar-refractivity contribution in [3.8, 4) is 5.88 Å². The van der Waals surface area contributed by atoms with Gasteiger partial charge in [-0.05, 0) is 41.2 Å². The molecule has 162 valence electrons. The molecule has 0 aliphatic carbocycles. The van der Waals surface area contributed by atoms with Crippen LogP contribution in [-0.4, -0.2) is 27.3 Å². The quantitative estimate of drug-likeness (QED) is 0.536. The Kier molecular flexibility index (Phi) is 6.15. The molecule has 0 spiro atoms. The smallest absolute Gasteiger partial charge is 0.408 e. The van der Waals surface area contributed by atoms with Gasteiger partial charge in [0.25, 0.3) is 0 Å². The minimum atomic E-state index is -1.71. The number of amides is 1. The van der Waals surface area contributed by atoms with Crippen molar-refractivity contribution in [3.05, 3.63) is 71.8 Å². The summed E-state index contributed by atoms with van der Waals surface area (Å²) in [6.07, 6.45) is -0.688. The number of carboxylic acid groups (broad SMARTS) is 1. The second-order valence-electron chi connectivity index (χ2n) is 8.71. The fourth-order valence-corrected chi connectivity index (χ4v) is 3.58. The van der Waals surface area contributed by atoms with E-state index >= 15 is 0 Å². The van der Waals surface area contributed by atoms with Crippen molar-refractivity contribution in [2.24, 2.45) is 5.41 Å². The summed E-state index contributed by atoms with van der Waals surface area (Å²) in [5.41, 5.74) is -0.422. The van der Waals surface area contributed by atoms with Gasteiger partial charge >= 0.3 is 12.1 Å². The molecule has 1 heterocycles. The number of carbonyl (C=O) groups excluding carboxylic acids is 1. The highest BCUT2D eigenvalue weighted by Crippen LogP contribution is 2.36. The zero-order valence-corrected chi connectivity index (χ0v) is 17.8. The third kappa shape index (κ3) is 5.31. The maximum atomic E-state index is 12.7. The monoisotopic (exact) mass is 422 g/mol. The predicted molar refractivity (Wildman–Crippen MR) is 117 cm³/mol. The summed E-state index contributed by atoms with van der Waals surface area (Å²) in [6.45, 7) is 5.74. The number of benzene rings is 2. The van der Waals surface area contributed by atoms with E-state index in [1.807, 2.05) is 51.1 Å². The van der Waals surface area contributed by atoms with Crippen LogP contribution in [-0.2, 0) is 21.7 Å². The van der Waals surface area contributed by atoms with Crippen LogP contribution in [0, 0.1) is 5.41 Å². The lowest BCUT2D eigenvalue weighted by molar-refractivity contribution is -0.146. The summed E-state index contributed by atoms with van der Waals surface area (Å²) in [6, 6.07) is 17.1. The molecule has 1 aromatic heterocycles. The Bertz CT molecular complexity index is 1090. The standard InChI is InChI=1S/C24H26N2O5/c1-23(2,3)15-24(21(28)29,26-22(30)31-14-16-7-5-4-6-8-16)18-10-11-19-17(13-18)9-12-20(27)25-19/h4-13H,14-15H2,1-3H3,(H,25,27)(H,26,30)(H,28,29)/t24-/m1/s1. The van der Waals surface area contributed by atoms with Crippen LogP contribution < -0.4 is 5.32 Å². The van der Waals surface area contributed by atoms with Gasteiger partial charge in [0.1, 0.15) is 6.61 Å². The molecular weight excluding hydrogens is 396 g/mol. The van der Waals surface area contributed by atoms with Crippen molar-refractivity contribution in [2.45, 2.75) is 39.3 Å². The summed E-state index contributed by atoms with van der Waals surface area (Å²) >= 11 is 0. The molecule has 3 rings (SSSR count). The van der Waals surface area contributed by atoms with Crippen LogP contribution in [0.25, 0.3) is 10.9 Å². The number of hydrogen-bond acceptors (Lipinski definition) is 5. The molecule has 0 saturated heterocycles. The maximum Gasteiger partial charge on any atom is 0.408 e. The Hall–Kier alpha value is -3.61. The van der Waals surface area contributed by atoms with Gasteiger partial charge in [-0.3, -0.25) is 0 Å². The molecule has 7 heteroatoms. The lowest BCUT2D eigenvalue weighted by Crippen LogP contribution is -2.54. The molecule has 0 unspecified atom stereocenters. The maximum absolute atomic E-state index is 12.7. The molecule has 31 heavy (non-hydrogen) atoms. The van der Waals surface area contributed by atoms with Gasteiger partial charge in [0.15, 0.2) is 5.54 Å². The number of nitrogens with zero attached hydrogens (tertiary/aromatic N) is 1. The van der Waals surface area contributed by atoms with Crippen LogP contribution in [0.4, 0.5) is 4.79 Å². The van der Waals surface area contributed by atoms with E-state index in [9.17, 15) is 19.8 Å². The number of hydrogen-bond donors (Lipinski definition) is 3. The average Bonchev–Trinajstić information content (AvgIpc) is 2.71. The van der Waals surface area contributed by atoms with Crippen LogP contribution in [0.1, 0.15) is 38.3 Å². The van der Waals surface area contributed by atoms with Gasteiger partial charge in [-0.2, -0.15) is 0 Å². The predicted octanol–water partition coefficient (Wildman–Crippen LogP) is 4.58. The van der Waals surface area contributed by atoms with Gasteiger partial charge in [-0.15, -0.1) is 0 Å². The van der Waals surface area contributed by atoms with E-state index in [-0.39, 0.29) is 18.9 Å². The molecule has 0 saturated carbocycles. The van der Waals surface area contributed by atoms with Crippen molar-refractivity contribution in [1.29, 1.82) is 0 Å². The molecule has 3 N–H and O–H groups in total. The Morgan fingerprint density at radius 3 is 2.39 bits per heavy atom. The van der Waals surface area contributed by atoms with Crippen molar-refractivity contribution in [2.75, 3.05) is 0 Å². The van der Waals surface area contributed by atoms with Crippen molar-refractivity contribution in [3.63, 3.8) is 0 Å². The summed E-state index contributed by atoms with van der Waals surface area (Å²) < 4.78 is 5.31. The largest absolute Gasteiger partial charge is 0.493 e. The SMILES string of the molecule is CC(C)(C)C[C@](NC(=O)OCc1ccccc1)(C(=O)O)c1ccc2nc(O)ccc2c1. The minimum absolute atomic E-state index is 0.0266. The Balaban J connectivity index is 1.97.